The fraction of sp³-hybridized carbons (Fsp3) is 0.538. The Kier molecular flexibility index (Phi) is 4.36. The van der Waals surface area contributed by atoms with Crippen LogP contribution >= 0.6 is 0 Å². The lowest BCUT2D eigenvalue weighted by molar-refractivity contribution is -0.250. The molecule has 1 rings (SSSR count). The molecule has 1 unspecified atom stereocenters. The van der Waals surface area contributed by atoms with Gasteiger partial charge in [0.1, 0.15) is 5.75 Å². The Bertz CT molecular complexity index is 440. The molecule has 0 N–H and O–H groups in total. The first-order valence-corrected chi connectivity index (χ1v) is 9.32. The molecule has 2 nitrogen and oxygen atoms in total. The van der Waals surface area contributed by atoms with Gasteiger partial charge >= 0.3 is 6.18 Å². The van der Waals surface area contributed by atoms with E-state index in [-0.39, 0.29) is 5.56 Å². The molecule has 1 aromatic rings. The second-order valence-corrected chi connectivity index (χ2v) is 9.91. The number of hydrogen-bond donors (Lipinski definition) is 0. The highest BCUT2D eigenvalue weighted by Crippen LogP contribution is 2.44. The summed E-state index contributed by atoms with van der Waals surface area (Å²) in [4.78, 5) is 0. The summed E-state index contributed by atoms with van der Waals surface area (Å²) < 4.78 is 50.7. The lowest BCUT2D eigenvalue weighted by Crippen LogP contribution is -2.48. The number of methoxy groups -OCH3 is 1. The van der Waals surface area contributed by atoms with Crippen molar-refractivity contribution in [3.05, 3.63) is 29.8 Å². The molecule has 19 heavy (non-hydrogen) atoms. The third-order valence-corrected chi connectivity index (χ3v) is 3.69. The van der Waals surface area contributed by atoms with E-state index in [9.17, 15) is 13.2 Å². The van der Waals surface area contributed by atoms with Crippen LogP contribution < -0.4 is 4.74 Å². The van der Waals surface area contributed by atoms with E-state index in [1.54, 1.807) is 25.7 Å². The van der Waals surface area contributed by atoms with E-state index in [1.807, 2.05) is 0 Å². The molecule has 0 saturated carbocycles. The van der Waals surface area contributed by atoms with Gasteiger partial charge in [-0.15, -0.1) is 0 Å². The molecule has 0 fully saturated rings. The lowest BCUT2D eigenvalue weighted by Gasteiger charge is -2.38. The summed E-state index contributed by atoms with van der Waals surface area (Å²) in [6, 6.07) is 5.92. The average molecular weight is 292 g/mol. The Morgan fingerprint density at radius 2 is 1.68 bits per heavy atom. The van der Waals surface area contributed by atoms with Crippen molar-refractivity contribution >= 4 is 8.32 Å². The summed E-state index contributed by atoms with van der Waals surface area (Å²) in [6.45, 7) is 6.27. The zero-order valence-corrected chi connectivity index (χ0v) is 12.8. The average Bonchev–Trinajstić information content (AvgIpc) is 2.25. The maximum absolute atomic E-state index is 13.4. The van der Waals surface area contributed by atoms with Crippen LogP contribution in [0.25, 0.3) is 0 Å². The topological polar surface area (TPSA) is 18.5 Å². The third kappa shape index (κ3) is 3.73. The molecule has 0 bridgehead atoms. The first-order chi connectivity index (χ1) is 8.49. The van der Waals surface area contributed by atoms with Crippen LogP contribution in [0.3, 0.4) is 0 Å². The first-order valence-electron chi connectivity index (χ1n) is 5.91. The van der Waals surface area contributed by atoms with Gasteiger partial charge in [0.25, 0.3) is 0 Å². The third-order valence-electron chi connectivity index (χ3n) is 2.67. The summed E-state index contributed by atoms with van der Waals surface area (Å²) in [6.07, 6.45) is -4.49. The van der Waals surface area contributed by atoms with Gasteiger partial charge < -0.3 is 9.16 Å². The molecule has 0 saturated heterocycles. The van der Waals surface area contributed by atoms with Crippen molar-refractivity contribution in [2.45, 2.75) is 38.3 Å². The molecular weight excluding hydrogens is 273 g/mol. The molecule has 0 spiro atoms. The maximum atomic E-state index is 13.4. The van der Waals surface area contributed by atoms with Crippen LogP contribution in [0.4, 0.5) is 13.2 Å². The van der Waals surface area contributed by atoms with Gasteiger partial charge in [0.05, 0.1) is 7.11 Å². The smallest absolute Gasteiger partial charge is 0.420 e. The predicted molar refractivity (Wildman–Crippen MR) is 70.8 cm³/mol. The van der Waals surface area contributed by atoms with Gasteiger partial charge in [0.15, 0.2) is 13.9 Å². The summed E-state index contributed by atoms with van der Waals surface area (Å²) in [7, 11) is -0.954. The monoisotopic (exact) mass is 292 g/mol. The summed E-state index contributed by atoms with van der Waals surface area (Å²) in [5.41, 5.74) is -2.26. The van der Waals surface area contributed by atoms with Crippen LogP contribution in [0.1, 0.15) is 12.5 Å². The lowest BCUT2D eigenvalue weighted by atomic mass is 9.95. The first kappa shape index (κ1) is 16.0. The van der Waals surface area contributed by atoms with E-state index in [2.05, 4.69) is 0 Å². The number of halogens is 3. The van der Waals surface area contributed by atoms with Crippen LogP contribution in [0.5, 0.6) is 5.75 Å². The largest absolute Gasteiger partial charge is 0.497 e. The highest BCUT2D eigenvalue weighted by atomic mass is 28.4. The fourth-order valence-electron chi connectivity index (χ4n) is 1.81. The van der Waals surface area contributed by atoms with Gasteiger partial charge in [-0.05, 0) is 44.3 Å². The Labute approximate surface area is 112 Å². The molecule has 1 aromatic carbocycles. The molecule has 108 valence electrons. The normalized spacial score (nSPS) is 16.0. The quantitative estimate of drug-likeness (QED) is 0.769. The van der Waals surface area contributed by atoms with E-state index in [4.69, 9.17) is 9.16 Å². The minimum absolute atomic E-state index is 0.0572. The van der Waals surface area contributed by atoms with Crippen molar-refractivity contribution in [2.24, 2.45) is 0 Å². The highest BCUT2D eigenvalue weighted by molar-refractivity contribution is 6.69. The van der Waals surface area contributed by atoms with Gasteiger partial charge in [-0.3, -0.25) is 0 Å². The van der Waals surface area contributed by atoms with Crippen LogP contribution in [0.15, 0.2) is 24.3 Å². The summed E-state index contributed by atoms with van der Waals surface area (Å²) in [5, 5.41) is 0. The molecule has 6 heteroatoms. The van der Waals surface area contributed by atoms with E-state index < -0.39 is 20.1 Å². The number of hydrogen-bond acceptors (Lipinski definition) is 2. The molecule has 0 aliphatic carbocycles. The van der Waals surface area contributed by atoms with E-state index in [0.717, 1.165) is 6.92 Å². The number of alkyl halides is 3. The molecule has 0 amide bonds. The van der Waals surface area contributed by atoms with E-state index >= 15 is 0 Å². The Hall–Kier alpha value is -1.01. The van der Waals surface area contributed by atoms with Crippen molar-refractivity contribution in [1.29, 1.82) is 0 Å². The maximum Gasteiger partial charge on any atom is 0.420 e. The zero-order valence-electron chi connectivity index (χ0n) is 11.8. The highest BCUT2D eigenvalue weighted by Gasteiger charge is 2.55. The fourth-order valence-corrected chi connectivity index (χ4v) is 3.27. The van der Waals surface area contributed by atoms with Gasteiger partial charge in [0, 0.05) is 0 Å². The minimum atomic E-state index is -4.49. The van der Waals surface area contributed by atoms with Crippen molar-refractivity contribution in [2.75, 3.05) is 7.11 Å². The molecular formula is C13H19F3O2Si. The van der Waals surface area contributed by atoms with Gasteiger partial charge in [-0.1, -0.05) is 12.1 Å². The predicted octanol–water partition coefficient (Wildman–Crippen LogP) is 4.32. The van der Waals surface area contributed by atoms with Crippen LogP contribution in [0, 0.1) is 0 Å². The van der Waals surface area contributed by atoms with Crippen molar-refractivity contribution in [3.8, 4) is 5.75 Å². The van der Waals surface area contributed by atoms with Gasteiger partial charge in [-0.2, -0.15) is 13.2 Å². The minimum Gasteiger partial charge on any atom is -0.497 e. The van der Waals surface area contributed by atoms with Crippen molar-refractivity contribution < 1.29 is 22.3 Å². The second-order valence-electron chi connectivity index (χ2n) is 5.48. The number of rotatable bonds is 4. The molecule has 0 aliphatic rings. The number of ether oxygens (including phenoxy) is 1. The SMILES string of the molecule is COc1cccc(C(C)(O[Si](C)(C)C)C(F)(F)F)c1. The molecule has 0 radical (unpaired) electrons. The Morgan fingerprint density at radius 1 is 1.11 bits per heavy atom. The Morgan fingerprint density at radius 3 is 2.11 bits per heavy atom. The second kappa shape index (κ2) is 5.17. The van der Waals surface area contributed by atoms with E-state index in [0.29, 0.717) is 5.75 Å². The molecule has 0 heterocycles. The van der Waals surface area contributed by atoms with Crippen molar-refractivity contribution in [1.82, 2.24) is 0 Å². The molecule has 1 atom stereocenters. The number of benzene rings is 1. The zero-order chi connectivity index (χ0) is 14.9. The molecule has 0 aromatic heterocycles. The van der Waals surface area contributed by atoms with Crippen LogP contribution in [-0.4, -0.2) is 21.6 Å². The van der Waals surface area contributed by atoms with Crippen LogP contribution in [-0.2, 0) is 10.0 Å². The summed E-state index contributed by atoms with van der Waals surface area (Å²) >= 11 is 0. The molecule has 0 aliphatic heterocycles. The Balaban J connectivity index is 3.31. The van der Waals surface area contributed by atoms with Gasteiger partial charge in [-0.25, -0.2) is 0 Å². The standard InChI is InChI=1S/C13H19F3O2Si/c1-12(13(14,15)16,18-19(3,4)5)10-7-6-8-11(9-10)17-2/h6-9H,1-5H3. The van der Waals surface area contributed by atoms with Crippen molar-refractivity contribution in [3.63, 3.8) is 0 Å². The van der Waals surface area contributed by atoms with Crippen LogP contribution in [0.2, 0.25) is 19.6 Å². The summed E-state index contributed by atoms with van der Waals surface area (Å²) in [5.74, 6) is 0.382. The van der Waals surface area contributed by atoms with E-state index in [1.165, 1.54) is 25.3 Å². The van der Waals surface area contributed by atoms with Gasteiger partial charge in [0.2, 0.25) is 0 Å².